The minimum atomic E-state index is -0.222. The fraction of sp³-hybridized carbons (Fsp3) is 0.333. The van der Waals surface area contributed by atoms with E-state index in [1.807, 2.05) is 6.07 Å². The maximum atomic E-state index is 13.2. The molecule has 0 heterocycles. The Hall–Kier alpha value is -0.830. The van der Waals surface area contributed by atoms with Crippen LogP contribution in [-0.4, -0.2) is 6.04 Å². The number of anilines is 1. The van der Waals surface area contributed by atoms with Crippen LogP contribution in [0, 0.1) is 5.82 Å². The molecule has 1 aliphatic carbocycles. The minimum Gasteiger partial charge on any atom is -0.379 e. The normalized spacial score (nSPS) is 20.3. The maximum absolute atomic E-state index is 13.2. The van der Waals surface area contributed by atoms with Gasteiger partial charge in [-0.3, -0.25) is 0 Å². The Morgan fingerprint density at radius 3 is 2.93 bits per heavy atom. The summed E-state index contributed by atoms with van der Waals surface area (Å²) >= 11 is 3.14. The summed E-state index contributed by atoms with van der Waals surface area (Å²) in [6.45, 7) is 0. The van der Waals surface area contributed by atoms with Crippen molar-refractivity contribution in [1.29, 1.82) is 0 Å². The molecule has 0 saturated carbocycles. The highest BCUT2D eigenvalue weighted by Gasteiger charge is 2.08. The van der Waals surface area contributed by atoms with Gasteiger partial charge in [-0.15, -0.1) is 0 Å². The predicted octanol–water partition coefficient (Wildman–Crippen LogP) is 4.11. The molecular formula is C12H13BrFN. The molecule has 1 aromatic rings. The first kappa shape index (κ1) is 10.7. The van der Waals surface area contributed by atoms with Crippen LogP contribution in [0.3, 0.4) is 0 Å². The van der Waals surface area contributed by atoms with Gasteiger partial charge in [0, 0.05) is 11.7 Å². The van der Waals surface area contributed by atoms with Crippen molar-refractivity contribution >= 4 is 21.6 Å². The molecule has 2 rings (SSSR count). The third kappa shape index (κ3) is 2.81. The quantitative estimate of drug-likeness (QED) is 0.797. The molecular weight excluding hydrogens is 257 g/mol. The molecule has 80 valence electrons. The second-order valence-corrected chi connectivity index (χ2v) is 4.59. The smallest absolute Gasteiger partial charge is 0.139 e. The molecule has 1 atom stereocenters. The molecule has 15 heavy (non-hydrogen) atoms. The van der Waals surface area contributed by atoms with Crippen LogP contribution in [0.4, 0.5) is 10.1 Å². The van der Waals surface area contributed by atoms with Gasteiger partial charge in [0.1, 0.15) is 5.82 Å². The third-order valence-corrected chi connectivity index (χ3v) is 3.17. The van der Waals surface area contributed by atoms with Gasteiger partial charge in [-0.1, -0.05) is 12.2 Å². The van der Waals surface area contributed by atoms with Gasteiger partial charge in [0.05, 0.1) is 4.47 Å². The fourth-order valence-corrected chi connectivity index (χ4v) is 1.98. The van der Waals surface area contributed by atoms with Gasteiger partial charge in [0.15, 0.2) is 0 Å². The summed E-state index contributed by atoms with van der Waals surface area (Å²) in [5, 5.41) is 3.30. The van der Waals surface area contributed by atoms with E-state index < -0.39 is 0 Å². The zero-order chi connectivity index (χ0) is 10.7. The number of rotatable bonds is 2. The fourth-order valence-electron chi connectivity index (χ4n) is 1.73. The Bertz CT molecular complexity index is 376. The summed E-state index contributed by atoms with van der Waals surface area (Å²) < 4.78 is 13.7. The van der Waals surface area contributed by atoms with Crippen LogP contribution < -0.4 is 5.32 Å². The first-order valence-corrected chi connectivity index (χ1v) is 5.93. The van der Waals surface area contributed by atoms with Crippen LogP contribution in [0.15, 0.2) is 34.8 Å². The standard InChI is InChI=1S/C12H13BrFN/c13-11-7-6-10(8-12(11)14)15-9-4-2-1-3-5-9/h2,4,6-9,15H,1,3,5H2. The van der Waals surface area contributed by atoms with Gasteiger partial charge < -0.3 is 5.32 Å². The zero-order valence-corrected chi connectivity index (χ0v) is 9.93. The molecule has 3 heteroatoms. The third-order valence-electron chi connectivity index (χ3n) is 2.53. The molecule has 1 aromatic carbocycles. The molecule has 1 N–H and O–H groups in total. The van der Waals surface area contributed by atoms with Gasteiger partial charge in [0.25, 0.3) is 0 Å². The van der Waals surface area contributed by atoms with Gasteiger partial charge >= 0.3 is 0 Å². The lowest BCUT2D eigenvalue weighted by atomic mass is 10.0. The lowest BCUT2D eigenvalue weighted by Crippen LogP contribution is -2.18. The average molecular weight is 270 g/mol. The Morgan fingerprint density at radius 2 is 2.27 bits per heavy atom. The summed E-state index contributed by atoms with van der Waals surface area (Å²) in [4.78, 5) is 0. The van der Waals surface area contributed by atoms with Crippen LogP contribution in [0.1, 0.15) is 19.3 Å². The summed E-state index contributed by atoms with van der Waals surface area (Å²) in [6.07, 6.45) is 7.81. The maximum Gasteiger partial charge on any atom is 0.139 e. The lowest BCUT2D eigenvalue weighted by Gasteiger charge is -2.19. The monoisotopic (exact) mass is 269 g/mol. The summed E-state index contributed by atoms with van der Waals surface area (Å²) in [5.74, 6) is -0.222. The Morgan fingerprint density at radius 1 is 1.40 bits per heavy atom. The molecule has 0 amide bonds. The SMILES string of the molecule is Fc1cc(NC2C=CCCC2)ccc1Br. The van der Waals surface area contributed by atoms with E-state index in [0.29, 0.717) is 10.5 Å². The van der Waals surface area contributed by atoms with Crippen LogP contribution in [0.5, 0.6) is 0 Å². The highest BCUT2D eigenvalue weighted by molar-refractivity contribution is 9.10. The molecule has 0 saturated heterocycles. The zero-order valence-electron chi connectivity index (χ0n) is 8.34. The predicted molar refractivity (Wildman–Crippen MR) is 64.5 cm³/mol. The van der Waals surface area contributed by atoms with E-state index in [4.69, 9.17) is 0 Å². The van der Waals surface area contributed by atoms with Crippen molar-refractivity contribution in [2.75, 3.05) is 5.32 Å². The lowest BCUT2D eigenvalue weighted by molar-refractivity contribution is 0.620. The molecule has 1 nitrogen and oxygen atoms in total. The molecule has 0 fully saturated rings. The second-order valence-electron chi connectivity index (χ2n) is 3.74. The number of hydrogen-bond acceptors (Lipinski definition) is 1. The number of benzene rings is 1. The Balaban J connectivity index is 2.07. The van der Waals surface area contributed by atoms with E-state index in [-0.39, 0.29) is 5.82 Å². The first-order chi connectivity index (χ1) is 7.25. The van der Waals surface area contributed by atoms with Gasteiger partial charge in [-0.2, -0.15) is 0 Å². The molecule has 0 spiro atoms. The van der Waals surface area contributed by atoms with E-state index in [2.05, 4.69) is 33.4 Å². The highest BCUT2D eigenvalue weighted by Crippen LogP contribution is 2.21. The topological polar surface area (TPSA) is 12.0 Å². The van der Waals surface area contributed by atoms with Crippen LogP contribution in [0.25, 0.3) is 0 Å². The van der Waals surface area contributed by atoms with E-state index in [1.54, 1.807) is 6.07 Å². The van der Waals surface area contributed by atoms with Crippen molar-refractivity contribution in [2.45, 2.75) is 25.3 Å². The molecule has 0 bridgehead atoms. The van der Waals surface area contributed by atoms with Crippen LogP contribution >= 0.6 is 15.9 Å². The largest absolute Gasteiger partial charge is 0.379 e. The minimum absolute atomic E-state index is 0.222. The van der Waals surface area contributed by atoms with Crippen molar-refractivity contribution < 1.29 is 4.39 Å². The summed E-state index contributed by atoms with van der Waals surface area (Å²) in [6, 6.07) is 5.48. The summed E-state index contributed by atoms with van der Waals surface area (Å²) in [5.41, 5.74) is 0.840. The van der Waals surface area contributed by atoms with Crippen LogP contribution in [0.2, 0.25) is 0 Å². The molecule has 0 radical (unpaired) electrons. The van der Waals surface area contributed by atoms with Crippen molar-refractivity contribution in [3.63, 3.8) is 0 Å². The number of halogens is 2. The summed E-state index contributed by atoms with van der Waals surface area (Å²) in [7, 11) is 0. The highest BCUT2D eigenvalue weighted by atomic mass is 79.9. The molecule has 0 aliphatic heterocycles. The van der Waals surface area contributed by atoms with E-state index >= 15 is 0 Å². The van der Waals surface area contributed by atoms with Gasteiger partial charge in [-0.25, -0.2) is 4.39 Å². The van der Waals surface area contributed by atoms with E-state index in [1.165, 1.54) is 12.5 Å². The number of allylic oxidation sites excluding steroid dienone is 1. The Kier molecular flexibility index (Phi) is 3.41. The van der Waals surface area contributed by atoms with Crippen molar-refractivity contribution in [3.8, 4) is 0 Å². The molecule has 0 aromatic heterocycles. The second kappa shape index (κ2) is 4.79. The first-order valence-electron chi connectivity index (χ1n) is 5.14. The molecule has 1 aliphatic rings. The van der Waals surface area contributed by atoms with E-state index in [9.17, 15) is 4.39 Å². The number of nitrogens with one attached hydrogen (secondary N) is 1. The Labute approximate surface area is 97.5 Å². The van der Waals surface area contributed by atoms with Crippen LogP contribution in [-0.2, 0) is 0 Å². The average Bonchev–Trinajstić information content (AvgIpc) is 2.25. The van der Waals surface area contributed by atoms with Gasteiger partial charge in [0.2, 0.25) is 0 Å². The van der Waals surface area contributed by atoms with Crippen molar-refractivity contribution in [2.24, 2.45) is 0 Å². The van der Waals surface area contributed by atoms with Gasteiger partial charge in [-0.05, 0) is 53.4 Å². The van der Waals surface area contributed by atoms with Crippen molar-refractivity contribution in [1.82, 2.24) is 0 Å². The molecule has 1 unspecified atom stereocenters. The van der Waals surface area contributed by atoms with Crippen molar-refractivity contribution in [3.05, 3.63) is 40.6 Å². The van der Waals surface area contributed by atoms with E-state index in [0.717, 1.165) is 18.5 Å². The number of hydrogen-bond donors (Lipinski definition) is 1.